The summed E-state index contributed by atoms with van der Waals surface area (Å²) in [5.41, 5.74) is 12.8. The summed E-state index contributed by atoms with van der Waals surface area (Å²) in [7, 11) is 0. The average molecular weight is 718 g/mol. The molecule has 11 aromatic rings. The SMILES string of the molecule is c1ccc(-c2ccc(-c3nc(-c4ccccc4)nc(-c4ccc5c(c4)oc4cc(-c6ccccc6-c6ccc7c(c6)oc6ccccc67)ccc45)n3)cc2)cc1. The van der Waals surface area contributed by atoms with E-state index in [9.17, 15) is 0 Å². The second-order valence-corrected chi connectivity index (χ2v) is 14.0. The van der Waals surface area contributed by atoms with Crippen molar-refractivity contribution in [2.45, 2.75) is 0 Å². The summed E-state index contributed by atoms with van der Waals surface area (Å²) in [6, 6.07) is 64.6. The molecule has 0 amide bonds. The summed E-state index contributed by atoms with van der Waals surface area (Å²) >= 11 is 0. The maximum atomic E-state index is 6.61. The Balaban J connectivity index is 0.976. The molecule has 0 bridgehead atoms. The van der Waals surface area contributed by atoms with E-state index in [0.29, 0.717) is 17.5 Å². The molecular formula is C51H31N3O2. The molecular weight excluding hydrogens is 687 g/mol. The third-order valence-electron chi connectivity index (χ3n) is 10.6. The average Bonchev–Trinajstić information content (AvgIpc) is 3.84. The Hall–Kier alpha value is -7.63. The molecule has 5 heteroatoms. The van der Waals surface area contributed by atoms with Gasteiger partial charge in [-0.2, -0.15) is 0 Å². The van der Waals surface area contributed by atoms with Crippen LogP contribution in [0.4, 0.5) is 0 Å². The van der Waals surface area contributed by atoms with Gasteiger partial charge in [-0.25, -0.2) is 15.0 Å². The Morgan fingerprint density at radius 3 is 1.20 bits per heavy atom. The van der Waals surface area contributed by atoms with Gasteiger partial charge in [-0.05, 0) is 75.8 Å². The van der Waals surface area contributed by atoms with Crippen molar-refractivity contribution in [3.05, 3.63) is 188 Å². The highest BCUT2D eigenvalue weighted by Gasteiger charge is 2.17. The maximum absolute atomic E-state index is 6.61. The van der Waals surface area contributed by atoms with Crippen molar-refractivity contribution < 1.29 is 8.83 Å². The van der Waals surface area contributed by atoms with Gasteiger partial charge in [-0.15, -0.1) is 0 Å². The highest BCUT2D eigenvalue weighted by atomic mass is 16.3. The summed E-state index contributed by atoms with van der Waals surface area (Å²) in [4.78, 5) is 14.9. The van der Waals surface area contributed by atoms with Gasteiger partial charge in [0.25, 0.3) is 0 Å². The van der Waals surface area contributed by atoms with E-state index in [1.165, 1.54) is 0 Å². The molecule has 3 heterocycles. The van der Waals surface area contributed by atoms with Crippen LogP contribution in [0.2, 0.25) is 0 Å². The molecule has 56 heavy (non-hydrogen) atoms. The topological polar surface area (TPSA) is 65.0 Å². The minimum atomic E-state index is 0.583. The van der Waals surface area contributed by atoms with Gasteiger partial charge in [0.1, 0.15) is 22.3 Å². The predicted molar refractivity (Wildman–Crippen MR) is 227 cm³/mol. The fourth-order valence-corrected chi connectivity index (χ4v) is 7.76. The van der Waals surface area contributed by atoms with E-state index >= 15 is 0 Å². The molecule has 0 N–H and O–H groups in total. The number of fused-ring (bicyclic) bond motifs is 6. The fraction of sp³-hybridized carbons (Fsp3) is 0. The van der Waals surface area contributed by atoms with Crippen molar-refractivity contribution in [2.75, 3.05) is 0 Å². The van der Waals surface area contributed by atoms with Crippen LogP contribution in [-0.4, -0.2) is 15.0 Å². The Morgan fingerprint density at radius 1 is 0.250 bits per heavy atom. The van der Waals surface area contributed by atoms with Crippen LogP contribution in [0.15, 0.2) is 197 Å². The molecule has 0 fully saturated rings. The van der Waals surface area contributed by atoms with E-state index in [1.807, 2.05) is 60.7 Å². The molecule has 0 unspecified atom stereocenters. The van der Waals surface area contributed by atoms with Crippen LogP contribution in [0, 0.1) is 0 Å². The number of nitrogens with zero attached hydrogens (tertiary/aromatic N) is 3. The minimum absolute atomic E-state index is 0.583. The molecule has 11 rings (SSSR count). The first-order valence-electron chi connectivity index (χ1n) is 18.7. The number of hydrogen-bond acceptors (Lipinski definition) is 5. The minimum Gasteiger partial charge on any atom is -0.456 e. The number of furan rings is 2. The molecule has 0 spiro atoms. The zero-order valence-corrected chi connectivity index (χ0v) is 30.1. The van der Waals surface area contributed by atoms with E-state index in [-0.39, 0.29) is 0 Å². The van der Waals surface area contributed by atoms with Gasteiger partial charge in [-0.1, -0.05) is 146 Å². The second kappa shape index (κ2) is 13.0. The molecule has 3 aromatic heterocycles. The normalized spacial score (nSPS) is 11.6. The molecule has 0 aliphatic heterocycles. The molecule has 5 nitrogen and oxygen atoms in total. The number of para-hydroxylation sites is 1. The molecule has 0 atom stereocenters. The van der Waals surface area contributed by atoms with Crippen LogP contribution in [0.1, 0.15) is 0 Å². The summed E-state index contributed by atoms with van der Waals surface area (Å²) in [5, 5.41) is 4.33. The third kappa shape index (κ3) is 5.53. The summed E-state index contributed by atoms with van der Waals surface area (Å²) < 4.78 is 12.9. The second-order valence-electron chi connectivity index (χ2n) is 14.0. The number of rotatable bonds is 6. The lowest BCUT2D eigenvalue weighted by Crippen LogP contribution is -2.00. The monoisotopic (exact) mass is 717 g/mol. The van der Waals surface area contributed by atoms with E-state index in [0.717, 1.165) is 93.9 Å². The largest absolute Gasteiger partial charge is 0.456 e. The van der Waals surface area contributed by atoms with E-state index < -0.39 is 0 Å². The quantitative estimate of drug-likeness (QED) is 0.171. The molecule has 8 aromatic carbocycles. The van der Waals surface area contributed by atoms with Crippen LogP contribution < -0.4 is 0 Å². The van der Waals surface area contributed by atoms with E-state index in [1.54, 1.807) is 0 Å². The zero-order valence-electron chi connectivity index (χ0n) is 30.1. The molecule has 0 aliphatic rings. The molecule has 0 aliphatic carbocycles. The van der Waals surface area contributed by atoms with Crippen LogP contribution in [0.25, 0.3) is 111 Å². The van der Waals surface area contributed by atoms with Gasteiger partial charge in [0, 0.05) is 38.2 Å². The van der Waals surface area contributed by atoms with Crippen molar-refractivity contribution in [1.82, 2.24) is 15.0 Å². The first kappa shape index (κ1) is 31.9. The molecule has 0 saturated carbocycles. The lowest BCUT2D eigenvalue weighted by molar-refractivity contribution is 0.668. The van der Waals surface area contributed by atoms with E-state index in [4.69, 9.17) is 23.8 Å². The van der Waals surface area contributed by atoms with Crippen LogP contribution in [0.5, 0.6) is 0 Å². The predicted octanol–water partition coefficient (Wildman–Crippen LogP) is 13.7. The van der Waals surface area contributed by atoms with Gasteiger partial charge >= 0.3 is 0 Å². The van der Waals surface area contributed by atoms with Gasteiger partial charge < -0.3 is 8.83 Å². The van der Waals surface area contributed by atoms with Gasteiger partial charge in [-0.3, -0.25) is 0 Å². The lowest BCUT2D eigenvalue weighted by atomic mass is 9.93. The first-order valence-corrected chi connectivity index (χ1v) is 18.7. The maximum Gasteiger partial charge on any atom is 0.164 e. The van der Waals surface area contributed by atoms with E-state index in [2.05, 4.69) is 127 Å². The third-order valence-corrected chi connectivity index (χ3v) is 10.6. The van der Waals surface area contributed by atoms with Gasteiger partial charge in [0.15, 0.2) is 17.5 Å². The van der Waals surface area contributed by atoms with Crippen LogP contribution >= 0.6 is 0 Å². The van der Waals surface area contributed by atoms with Crippen LogP contribution in [-0.2, 0) is 0 Å². The highest BCUT2D eigenvalue weighted by Crippen LogP contribution is 2.39. The molecule has 262 valence electrons. The fourth-order valence-electron chi connectivity index (χ4n) is 7.76. The van der Waals surface area contributed by atoms with Crippen molar-refractivity contribution >= 4 is 43.9 Å². The van der Waals surface area contributed by atoms with Crippen molar-refractivity contribution in [2.24, 2.45) is 0 Å². The lowest BCUT2D eigenvalue weighted by Gasteiger charge is -2.10. The highest BCUT2D eigenvalue weighted by molar-refractivity contribution is 6.08. The number of benzene rings is 8. The zero-order chi connectivity index (χ0) is 37.0. The number of hydrogen-bond donors (Lipinski definition) is 0. The van der Waals surface area contributed by atoms with Crippen molar-refractivity contribution in [3.8, 4) is 67.5 Å². The first-order chi connectivity index (χ1) is 27.7. The van der Waals surface area contributed by atoms with Gasteiger partial charge in [0.05, 0.1) is 0 Å². The summed E-state index contributed by atoms with van der Waals surface area (Å²) in [6.07, 6.45) is 0. The van der Waals surface area contributed by atoms with Crippen LogP contribution in [0.3, 0.4) is 0 Å². The van der Waals surface area contributed by atoms with Crippen molar-refractivity contribution in [1.29, 1.82) is 0 Å². The number of aromatic nitrogens is 3. The standard InChI is InChI=1S/C51H31N3O2/c1-3-11-32(12-4-1)33-19-21-35(22-20-33)50-52-49(34-13-5-2-6-14-34)53-51(54-50)38-25-28-44-43-27-24-37(30-47(43)56-48(44)31-38)40-16-8-7-15-39(40)36-23-26-42-41-17-9-10-18-45(41)55-46(42)29-36/h1-31H. The Bertz CT molecular complexity index is 3240. The molecule has 0 saturated heterocycles. The smallest absolute Gasteiger partial charge is 0.164 e. The summed E-state index contributed by atoms with van der Waals surface area (Å²) in [6.45, 7) is 0. The Morgan fingerprint density at radius 2 is 0.607 bits per heavy atom. The Kier molecular flexibility index (Phi) is 7.42. The van der Waals surface area contributed by atoms with Crippen molar-refractivity contribution in [3.63, 3.8) is 0 Å². The summed E-state index contributed by atoms with van der Waals surface area (Å²) in [5.74, 6) is 1.81. The van der Waals surface area contributed by atoms with Gasteiger partial charge in [0.2, 0.25) is 0 Å². The molecule has 0 radical (unpaired) electrons. The Labute approximate surface area is 322 Å².